The van der Waals surface area contributed by atoms with Gasteiger partial charge in [-0.2, -0.15) is 5.10 Å². The Morgan fingerprint density at radius 2 is 2.11 bits per heavy atom. The average Bonchev–Trinajstić information content (AvgIpc) is 2.95. The van der Waals surface area contributed by atoms with Crippen molar-refractivity contribution < 1.29 is 14.3 Å². The van der Waals surface area contributed by atoms with Crippen molar-refractivity contribution in [3.8, 4) is 5.82 Å². The summed E-state index contributed by atoms with van der Waals surface area (Å²) in [6.07, 6.45) is 4.27. The van der Waals surface area contributed by atoms with Gasteiger partial charge in [-0.1, -0.05) is 0 Å². The lowest BCUT2D eigenvalue weighted by atomic mass is 10.4. The second-order valence-electron chi connectivity index (χ2n) is 3.48. The highest BCUT2D eigenvalue weighted by Crippen LogP contribution is 2.05. The molecule has 19 heavy (non-hydrogen) atoms. The first-order valence-electron chi connectivity index (χ1n) is 5.34. The van der Waals surface area contributed by atoms with Gasteiger partial charge in [-0.05, 0) is 6.07 Å². The molecule has 1 N–H and O–H groups in total. The number of nitrogens with one attached hydrogen (secondary N) is 1. The van der Waals surface area contributed by atoms with Crippen molar-refractivity contribution in [2.75, 3.05) is 14.2 Å². The molecule has 0 aromatic carbocycles. The van der Waals surface area contributed by atoms with Crippen molar-refractivity contribution in [2.45, 2.75) is 0 Å². The molecular weight excluding hydrogens is 250 g/mol. The predicted molar refractivity (Wildman–Crippen MR) is 63.9 cm³/mol. The first-order valence-corrected chi connectivity index (χ1v) is 5.34. The van der Waals surface area contributed by atoms with E-state index >= 15 is 0 Å². The van der Waals surface area contributed by atoms with Crippen LogP contribution in [0.15, 0.2) is 24.7 Å². The molecule has 98 valence electrons. The van der Waals surface area contributed by atoms with Crippen molar-refractivity contribution in [3.63, 3.8) is 0 Å². The van der Waals surface area contributed by atoms with Crippen molar-refractivity contribution in [2.24, 2.45) is 0 Å². The van der Waals surface area contributed by atoms with E-state index in [0.717, 1.165) is 0 Å². The van der Waals surface area contributed by atoms with Crippen LogP contribution in [-0.2, 0) is 4.74 Å². The third-order valence-corrected chi connectivity index (χ3v) is 2.30. The van der Waals surface area contributed by atoms with Crippen LogP contribution >= 0.6 is 0 Å². The van der Waals surface area contributed by atoms with Crippen LogP contribution in [0.1, 0.15) is 21.0 Å². The Balaban J connectivity index is 2.34. The molecule has 0 spiro atoms. The molecule has 0 saturated heterocycles. The predicted octanol–water partition coefficient (Wildman–Crippen LogP) is -0.192. The Labute approximate surface area is 108 Å². The third kappa shape index (κ3) is 2.57. The van der Waals surface area contributed by atoms with E-state index in [1.54, 1.807) is 6.20 Å². The monoisotopic (exact) mass is 261 g/mol. The van der Waals surface area contributed by atoms with Crippen LogP contribution in [0.2, 0.25) is 0 Å². The minimum absolute atomic E-state index is 0.0667. The van der Waals surface area contributed by atoms with Gasteiger partial charge in [0.15, 0.2) is 17.2 Å². The molecule has 0 fully saturated rings. The molecular formula is C11H11N5O3. The minimum atomic E-state index is -0.590. The number of esters is 1. The summed E-state index contributed by atoms with van der Waals surface area (Å²) in [4.78, 5) is 30.6. The zero-order chi connectivity index (χ0) is 13.8. The van der Waals surface area contributed by atoms with Crippen LogP contribution in [0.25, 0.3) is 5.82 Å². The van der Waals surface area contributed by atoms with Crippen LogP contribution < -0.4 is 5.32 Å². The molecule has 0 aliphatic rings. The first kappa shape index (κ1) is 12.7. The highest BCUT2D eigenvalue weighted by atomic mass is 16.5. The van der Waals surface area contributed by atoms with Gasteiger partial charge >= 0.3 is 5.97 Å². The average molecular weight is 261 g/mol. The summed E-state index contributed by atoms with van der Waals surface area (Å²) >= 11 is 0. The number of rotatable bonds is 3. The van der Waals surface area contributed by atoms with Crippen molar-refractivity contribution in [1.29, 1.82) is 0 Å². The zero-order valence-electron chi connectivity index (χ0n) is 10.3. The molecule has 8 nitrogen and oxygen atoms in total. The summed E-state index contributed by atoms with van der Waals surface area (Å²) in [5.41, 5.74) is 0.310. The summed E-state index contributed by atoms with van der Waals surface area (Å²) in [5.74, 6) is -0.582. The third-order valence-electron chi connectivity index (χ3n) is 2.30. The normalized spacial score (nSPS) is 10.0. The lowest BCUT2D eigenvalue weighted by Gasteiger charge is -2.02. The summed E-state index contributed by atoms with van der Waals surface area (Å²) in [6.45, 7) is 0. The highest BCUT2D eigenvalue weighted by molar-refractivity contribution is 5.91. The maximum atomic E-state index is 11.4. The molecule has 2 heterocycles. The summed E-state index contributed by atoms with van der Waals surface area (Å²) < 4.78 is 5.90. The number of methoxy groups -OCH3 is 1. The van der Waals surface area contributed by atoms with E-state index in [9.17, 15) is 9.59 Å². The SMILES string of the molecule is CNC(=O)c1ccn(-c2cncc(C(=O)OC)n2)n1. The fourth-order valence-corrected chi connectivity index (χ4v) is 1.37. The molecule has 2 aromatic heterocycles. The Hall–Kier alpha value is -2.77. The topological polar surface area (TPSA) is 99.0 Å². The molecule has 2 aromatic rings. The summed E-state index contributed by atoms with van der Waals surface area (Å²) in [7, 11) is 2.77. The number of carbonyl (C=O) groups is 2. The van der Waals surface area contributed by atoms with Gasteiger partial charge in [-0.3, -0.25) is 9.78 Å². The second kappa shape index (κ2) is 5.25. The van der Waals surface area contributed by atoms with E-state index in [1.165, 1.54) is 37.3 Å². The Bertz CT molecular complexity index is 622. The van der Waals surface area contributed by atoms with E-state index in [4.69, 9.17) is 0 Å². The maximum Gasteiger partial charge on any atom is 0.358 e. The molecule has 0 saturated carbocycles. The van der Waals surface area contributed by atoms with E-state index < -0.39 is 5.97 Å². The standard InChI is InChI=1S/C11H11N5O3/c1-12-10(17)7-3-4-16(15-7)9-6-13-5-8(14-9)11(18)19-2/h3-6H,1-2H3,(H,12,17). The van der Waals surface area contributed by atoms with Gasteiger partial charge in [0, 0.05) is 13.2 Å². The number of nitrogens with zero attached hydrogens (tertiary/aromatic N) is 4. The molecule has 8 heteroatoms. The van der Waals surface area contributed by atoms with Crippen LogP contribution in [0.4, 0.5) is 0 Å². The fraction of sp³-hybridized carbons (Fsp3) is 0.182. The van der Waals surface area contributed by atoms with E-state index in [0.29, 0.717) is 5.82 Å². The van der Waals surface area contributed by atoms with Crippen LogP contribution in [-0.4, -0.2) is 45.8 Å². The van der Waals surface area contributed by atoms with Gasteiger partial charge in [-0.25, -0.2) is 14.5 Å². The molecule has 0 aliphatic carbocycles. The Morgan fingerprint density at radius 3 is 2.79 bits per heavy atom. The van der Waals surface area contributed by atoms with Gasteiger partial charge in [-0.15, -0.1) is 0 Å². The van der Waals surface area contributed by atoms with E-state index in [-0.39, 0.29) is 17.3 Å². The number of amides is 1. The van der Waals surface area contributed by atoms with Gasteiger partial charge in [0.2, 0.25) is 0 Å². The number of hydrogen-bond acceptors (Lipinski definition) is 6. The largest absolute Gasteiger partial charge is 0.464 e. The number of carbonyl (C=O) groups excluding carboxylic acids is 2. The van der Waals surface area contributed by atoms with Crippen molar-refractivity contribution in [1.82, 2.24) is 25.1 Å². The number of ether oxygens (including phenoxy) is 1. The molecule has 0 unspecified atom stereocenters. The smallest absolute Gasteiger partial charge is 0.358 e. The summed E-state index contributed by atoms with van der Waals surface area (Å²) in [5, 5.41) is 6.49. The molecule has 1 amide bonds. The molecule has 0 aliphatic heterocycles. The van der Waals surface area contributed by atoms with E-state index in [1.807, 2.05) is 0 Å². The quantitative estimate of drug-likeness (QED) is 0.769. The van der Waals surface area contributed by atoms with Gasteiger partial charge < -0.3 is 10.1 Å². The molecule has 2 rings (SSSR count). The van der Waals surface area contributed by atoms with Gasteiger partial charge in [0.25, 0.3) is 5.91 Å². The van der Waals surface area contributed by atoms with Crippen molar-refractivity contribution >= 4 is 11.9 Å². The fourth-order valence-electron chi connectivity index (χ4n) is 1.37. The first-order chi connectivity index (χ1) is 9.15. The lowest BCUT2D eigenvalue weighted by molar-refractivity contribution is 0.0593. The zero-order valence-corrected chi connectivity index (χ0v) is 10.3. The number of aromatic nitrogens is 4. The summed E-state index contributed by atoms with van der Waals surface area (Å²) in [6, 6.07) is 1.53. The highest BCUT2D eigenvalue weighted by Gasteiger charge is 2.12. The molecule has 0 bridgehead atoms. The van der Waals surface area contributed by atoms with Crippen molar-refractivity contribution in [3.05, 3.63) is 36.0 Å². The second-order valence-corrected chi connectivity index (χ2v) is 3.48. The van der Waals surface area contributed by atoms with Gasteiger partial charge in [0.1, 0.15) is 0 Å². The van der Waals surface area contributed by atoms with Gasteiger partial charge in [0.05, 0.1) is 19.5 Å². The Morgan fingerprint density at radius 1 is 1.32 bits per heavy atom. The molecule has 0 radical (unpaired) electrons. The minimum Gasteiger partial charge on any atom is -0.464 e. The van der Waals surface area contributed by atoms with Crippen LogP contribution in [0, 0.1) is 0 Å². The Kier molecular flexibility index (Phi) is 3.51. The van der Waals surface area contributed by atoms with E-state index in [2.05, 4.69) is 25.1 Å². The van der Waals surface area contributed by atoms with Crippen LogP contribution in [0.3, 0.4) is 0 Å². The van der Waals surface area contributed by atoms with Crippen LogP contribution in [0.5, 0.6) is 0 Å². The maximum absolute atomic E-state index is 11.4. The molecule has 0 atom stereocenters. The lowest BCUT2D eigenvalue weighted by Crippen LogP contribution is -2.18. The number of hydrogen-bond donors (Lipinski definition) is 1.